The maximum atomic E-state index is 12.2. The van der Waals surface area contributed by atoms with Crippen LogP contribution in [0.4, 0.5) is 0 Å². The molecule has 0 unspecified atom stereocenters. The average Bonchev–Trinajstić information content (AvgIpc) is 2.98. The number of pyridine rings is 1. The molecule has 0 bridgehead atoms. The number of hydrogen-bond donors (Lipinski definition) is 0. The molecule has 0 N–H and O–H groups in total. The van der Waals surface area contributed by atoms with Gasteiger partial charge in [0.2, 0.25) is 5.91 Å². The normalized spacial score (nSPS) is 22.7. The van der Waals surface area contributed by atoms with E-state index in [-0.39, 0.29) is 17.4 Å². The third-order valence-electron chi connectivity index (χ3n) is 5.21. The molecule has 2 saturated heterocycles. The van der Waals surface area contributed by atoms with Crippen molar-refractivity contribution in [1.82, 2.24) is 14.8 Å². The molecule has 0 aromatic carbocycles. The lowest BCUT2D eigenvalue weighted by Crippen LogP contribution is -2.46. The minimum Gasteiger partial charge on any atom is -0.375 e. The number of ether oxygens (including phenoxy) is 2. The minimum atomic E-state index is 0.167. The molecule has 0 aliphatic carbocycles. The third-order valence-corrected chi connectivity index (χ3v) is 5.21. The van der Waals surface area contributed by atoms with Crippen molar-refractivity contribution < 1.29 is 14.3 Å². The van der Waals surface area contributed by atoms with Gasteiger partial charge in [0.15, 0.2) is 0 Å². The number of carbonyl (C=O) groups is 1. The van der Waals surface area contributed by atoms with Crippen molar-refractivity contribution in [3.63, 3.8) is 0 Å². The maximum Gasteiger partial charge on any atom is 0.236 e. The molecule has 1 aromatic heterocycles. The third kappa shape index (κ3) is 5.00. The van der Waals surface area contributed by atoms with Crippen LogP contribution in [0.2, 0.25) is 0 Å². The number of likely N-dealkylation sites (tertiary alicyclic amines) is 1. The summed E-state index contributed by atoms with van der Waals surface area (Å²) in [7, 11) is 3.87. The fourth-order valence-electron chi connectivity index (χ4n) is 3.74. The van der Waals surface area contributed by atoms with Gasteiger partial charge in [-0.05, 0) is 50.4 Å². The predicted octanol–water partition coefficient (Wildman–Crippen LogP) is 1.56. The quantitative estimate of drug-likeness (QED) is 0.782. The summed E-state index contributed by atoms with van der Waals surface area (Å²) in [5.74, 6) is 0.232. The first-order chi connectivity index (χ1) is 12.1. The van der Waals surface area contributed by atoms with Crippen molar-refractivity contribution in [2.24, 2.45) is 5.41 Å². The Kier molecular flexibility index (Phi) is 6.04. The zero-order valence-electron chi connectivity index (χ0n) is 15.3. The maximum absolute atomic E-state index is 12.2. The van der Waals surface area contributed by atoms with Crippen LogP contribution in [-0.4, -0.2) is 73.7 Å². The standard InChI is InChI=1S/C19H29N3O3/c1-21(2)12-18(23)22-8-5-19(6-9-22)10-17(25-15-19)14-24-13-16-4-3-7-20-11-16/h3-4,7,11,17H,5-6,8-10,12-15H2,1-2H3/t17-/m0/s1. The summed E-state index contributed by atoms with van der Waals surface area (Å²) in [6.45, 7) is 4.18. The highest BCUT2D eigenvalue weighted by Crippen LogP contribution is 2.42. The van der Waals surface area contributed by atoms with E-state index < -0.39 is 0 Å². The summed E-state index contributed by atoms with van der Waals surface area (Å²) < 4.78 is 11.8. The summed E-state index contributed by atoms with van der Waals surface area (Å²) in [6, 6.07) is 3.94. The molecule has 2 fully saturated rings. The Balaban J connectivity index is 1.40. The number of rotatable bonds is 6. The van der Waals surface area contributed by atoms with Crippen LogP contribution in [0.25, 0.3) is 0 Å². The van der Waals surface area contributed by atoms with Crippen LogP contribution in [0.3, 0.4) is 0 Å². The molecule has 3 heterocycles. The molecular formula is C19H29N3O3. The number of likely N-dealkylation sites (N-methyl/N-ethyl adjacent to an activating group) is 1. The van der Waals surface area contributed by atoms with Gasteiger partial charge >= 0.3 is 0 Å². The van der Waals surface area contributed by atoms with Gasteiger partial charge in [-0.25, -0.2) is 0 Å². The Labute approximate surface area is 150 Å². The van der Waals surface area contributed by atoms with Gasteiger partial charge < -0.3 is 19.3 Å². The van der Waals surface area contributed by atoms with E-state index in [1.54, 1.807) is 6.20 Å². The Bertz CT molecular complexity index is 556. The highest BCUT2D eigenvalue weighted by molar-refractivity contribution is 5.78. The molecule has 138 valence electrons. The minimum absolute atomic E-state index is 0.167. The van der Waals surface area contributed by atoms with Crippen molar-refractivity contribution in [3.8, 4) is 0 Å². The fraction of sp³-hybridized carbons (Fsp3) is 0.684. The monoisotopic (exact) mass is 347 g/mol. The van der Waals surface area contributed by atoms with Crippen molar-refractivity contribution >= 4 is 5.91 Å². The first kappa shape index (κ1) is 18.3. The molecule has 1 spiro atoms. The van der Waals surface area contributed by atoms with Crippen LogP contribution in [-0.2, 0) is 20.9 Å². The number of carbonyl (C=O) groups excluding carboxylic acids is 1. The zero-order chi connectivity index (χ0) is 17.7. The van der Waals surface area contributed by atoms with Gasteiger partial charge in [0.25, 0.3) is 0 Å². The fourth-order valence-corrected chi connectivity index (χ4v) is 3.74. The largest absolute Gasteiger partial charge is 0.375 e. The van der Waals surface area contributed by atoms with Crippen molar-refractivity contribution in [1.29, 1.82) is 0 Å². The second-order valence-corrected chi connectivity index (χ2v) is 7.63. The lowest BCUT2D eigenvalue weighted by atomic mass is 9.76. The van der Waals surface area contributed by atoms with Crippen molar-refractivity contribution in [2.45, 2.75) is 32.0 Å². The van der Waals surface area contributed by atoms with Crippen LogP contribution < -0.4 is 0 Å². The van der Waals surface area contributed by atoms with E-state index in [1.807, 2.05) is 42.2 Å². The Morgan fingerprint density at radius 2 is 2.24 bits per heavy atom. The van der Waals surface area contributed by atoms with E-state index in [0.29, 0.717) is 19.8 Å². The van der Waals surface area contributed by atoms with Gasteiger partial charge in [-0.15, -0.1) is 0 Å². The van der Waals surface area contributed by atoms with Crippen LogP contribution >= 0.6 is 0 Å². The molecule has 1 atom stereocenters. The highest BCUT2D eigenvalue weighted by Gasteiger charge is 2.43. The average molecular weight is 347 g/mol. The van der Waals surface area contributed by atoms with E-state index in [2.05, 4.69) is 4.98 Å². The second-order valence-electron chi connectivity index (χ2n) is 7.63. The van der Waals surface area contributed by atoms with Gasteiger partial charge in [0.05, 0.1) is 32.5 Å². The number of amides is 1. The molecule has 6 nitrogen and oxygen atoms in total. The van der Waals surface area contributed by atoms with Crippen molar-refractivity contribution in [3.05, 3.63) is 30.1 Å². The summed E-state index contributed by atoms with van der Waals surface area (Å²) in [5.41, 5.74) is 1.32. The van der Waals surface area contributed by atoms with Gasteiger partial charge in [0, 0.05) is 25.5 Å². The molecule has 1 aromatic rings. The van der Waals surface area contributed by atoms with E-state index in [9.17, 15) is 4.79 Å². The number of hydrogen-bond acceptors (Lipinski definition) is 5. The van der Waals surface area contributed by atoms with E-state index in [1.165, 1.54) is 0 Å². The summed E-state index contributed by atoms with van der Waals surface area (Å²) in [5, 5.41) is 0. The SMILES string of the molecule is CN(C)CC(=O)N1CCC2(CC1)CO[C@H](COCc1cccnc1)C2. The Hall–Kier alpha value is -1.50. The molecule has 1 amide bonds. The highest BCUT2D eigenvalue weighted by atomic mass is 16.5. The molecular weight excluding hydrogens is 318 g/mol. The van der Waals surface area contributed by atoms with Gasteiger partial charge in [-0.2, -0.15) is 0 Å². The van der Waals surface area contributed by atoms with Crippen molar-refractivity contribution in [2.75, 3.05) is 46.9 Å². The van der Waals surface area contributed by atoms with Crippen LogP contribution in [0.15, 0.2) is 24.5 Å². The van der Waals surface area contributed by atoms with Gasteiger partial charge in [-0.1, -0.05) is 6.07 Å². The van der Waals surface area contributed by atoms with Gasteiger partial charge in [-0.3, -0.25) is 9.78 Å². The van der Waals surface area contributed by atoms with Crippen LogP contribution in [0.5, 0.6) is 0 Å². The first-order valence-corrected chi connectivity index (χ1v) is 9.07. The van der Waals surface area contributed by atoms with Crippen LogP contribution in [0.1, 0.15) is 24.8 Å². The smallest absolute Gasteiger partial charge is 0.236 e. The summed E-state index contributed by atoms with van der Waals surface area (Å²) in [4.78, 5) is 20.2. The van der Waals surface area contributed by atoms with Gasteiger partial charge in [0.1, 0.15) is 0 Å². The van der Waals surface area contributed by atoms with E-state index >= 15 is 0 Å². The topological polar surface area (TPSA) is 54.9 Å². The summed E-state index contributed by atoms with van der Waals surface area (Å²) in [6.07, 6.45) is 6.87. The summed E-state index contributed by atoms with van der Waals surface area (Å²) >= 11 is 0. The molecule has 25 heavy (non-hydrogen) atoms. The molecule has 6 heteroatoms. The predicted molar refractivity (Wildman–Crippen MR) is 95.1 cm³/mol. The molecule has 2 aliphatic rings. The zero-order valence-corrected chi connectivity index (χ0v) is 15.3. The van der Waals surface area contributed by atoms with E-state index in [0.717, 1.165) is 44.5 Å². The molecule has 0 saturated carbocycles. The number of piperidine rings is 1. The Morgan fingerprint density at radius 1 is 1.44 bits per heavy atom. The second kappa shape index (κ2) is 8.25. The lowest BCUT2D eigenvalue weighted by molar-refractivity contribution is -0.134. The van der Waals surface area contributed by atoms with E-state index in [4.69, 9.17) is 9.47 Å². The van der Waals surface area contributed by atoms with Crippen LogP contribution in [0, 0.1) is 5.41 Å². The Morgan fingerprint density at radius 3 is 2.92 bits per heavy atom. The molecule has 2 aliphatic heterocycles. The number of aromatic nitrogens is 1. The molecule has 3 rings (SSSR count). The lowest BCUT2D eigenvalue weighted by Gasteiger charge is -2.38. The molecule has 0 radical (unpaired) electrons. The first-order valence-electron chi connectivity index (χ1n) is 9.07. The number of nitrogens with zero attached hydrogens (tertiary/aromatic N) is 3.